The summed E-state index contributed by atoms with van der Waals surface area (Å²) in [5.74, 6) is -0.340. The molecule has 0 spiro atoms. The number of H-pyrrole nitrogens is 1. The van der Waals surface area contributed by atoms with Crippen LogP contribution in [0.4, 0.5) is 0 Å². The van der Waals surface area contributed by atoms with Gasteiger partial charge >= 0.3 is 0 Å². The molecule has 0 fully saturated rings. The lowest BCUT2D eigenvalue weighted by Gasteiger charge is -2.20. The van der Waals surface area contributed by atoms with Crippen LogP contribution >= 0.6 is 0 Å². The van der Waals surface area contributed by atoms with E-state index in [9.17, 15) is 9.90 Å². The Bertz CT molecular complexity index is 295. The van der Waals surface area contributed by atoms with Crippen molar-refractivity contribution in [2.75, 3.05) is 13.2 Å². The minimum atomic E-state index is -1.29. The molecule has 1 heterocycles. The number of hydrogen-bond acceptors (Lipinski definition) is 4. The number of nitrogens with zero attached hydrogens (tertiary/aromatic N) is 1. The number of aliphatic hydroxyl groups excluding tert-OH is 1. The number of rotatable bonds is 4. The summed E-state index contributed by atoms with van der Waals surface area (Å²) < 4.78 is 0. The highest BCUT2D eigenvalue weighted by Crippen LogP contribution is 2.00. The van der Waals surface area contributed by atoms with Gasteiger partial charge in [-0.2, -0.15) is 5.10 Å². The quantitative estimate of drug-likeness (QED) is 0.494. The molecule has 4 N–H and O–H groups in total. The molecule has 1 unspecified atom stereocenters. The molecule has 78 valence electrons. The first-order valence-corrected chi connectivity index (χ1v) is 4.15. The Kier molecular flexibility index (Phi) is 3.21. The Morgan fingerprint density at radius 1 is 1.79 bits per heavy atom. The Morgan fingerprint density at radius 3 is 3.00 bits per heavy atom. The Morgan fingerprint density at radius 2 is 2.50 bits per heavy atom. The maximum atomic E-state index is 11.3. The summed E-state index contributed by atoms with van der Waals surface area (Å²) in [7, 11) is 0. The number of nitrogens with one attached hydrogen (secondary N) is 2. The molecule has 1 aromatic rings. The van der Waals surface area contributed by atoms with Crippen molar-refractivity contribution in [3.8, 4) is 0 Å². The molecule has 0 aliphatic carbocycles. The number of carbonyl (C=O) groups excluding carboxylic acids is 1. The summed E-state index contributed by atoms with van der Waals surface area (Å²) in [5.41, 5.74) is -0.905. The highest BCUT2D eigenvalue weighted by atomic mass is 16.3. The van der Waals surface area contributed by atoms with E-state index in [2.05, 4.69) is 15.5 Å². The van der Waals surface area contributed by atoms with Crippen molar-refractivity contribution in [3.63, 3.8) is 0 Å². The molecule has 6 nitrogen and oxygen atoms in total. The lowest BCUT2D eigenvalue weighted by molar-refractivity contribution is 0.00320. The molecule has 1 rings (SSSR count). The van der Waals surface area contributed by atoms with E-state index in [0.717, 1.165) is 0 Å². The molecule has 6 heteroatoms. The van der Waals surface area contributed by atoms with Crippen LogP contribution in [0.3, 0.4) is 0 Å². The topological polar surface area (TPSA) is 98.2 Å². The number of carbonyl (C=O) groups is 1. The van der Waals surface area contributed by atoms with Gasteiger partial charge in [-0.15, -0.1) is 0 Å². The SMILES string of the molecule is CC(O)(CO)CNC(=O)c1cn[nH]c1. The van der Waals surface area contributed by atoms with Gasteiger partial charge < -0.3 is 15.5 Å². The normalized spacial score (nSPS) is 14.8. The Balaban J connectivity index is 2.43. The lowest BCUT2D eigenvalue weighted by atomic mass is 10.1. The molecule has 1 aromatic heterocycles. The van der Waals surface area contributed by atoms with E-state index in [-0.39, 0.29) is 12.5 Å². The molecule has 0 saturated carbocycles. The zero-order chi connectivity index (χ0) is 10.6. The van der Waals surface area contributed by atoms with Crippen LogP contribution < -0.4 is 5.32 Å². The maximum Gasteiger partial charge on any atom is 0.254 e. The second-order valence-corrected chi connectivity index (χ2v) is 3.32. The summed E-state index contributed by atoms with van der Waals surface area (Å²) in [6, 6.07) is 0. The summed E-state index contributed by atoms with van der Waals surface area (Å²) in [5, 5.41) is 26.7. The van der Waals surface area contributed by atoms with Gasteiger partial charge in [0.2, 0.25) is 0 Å². The number of amides is 1. The largest absolute Gasteiger partial charge is 0.393 e. The van der Waals surface area contributed by atoms with Gasteiger partial charge in [-0.3, -0.25) is 9.89 Å². The molecular formula is C8H13N3O3. The minimum absolute atomic E-state index is 0.00644. The monoisotopic (exact) mass is 199 g/mol. The first-order chi connectivity index (χ1) is 6.55. The third-order valence-electron chi connectivity index (χ3n) is 1.73. The van der Waals surface area contributed by atoms with Crippen molar-refractivity contribution in [1.29, 1.82) is 0 Å². The highest BCUT2D eigenvalue weighted by molar-refractivity contribution is 5.93. The van der Waals surface area contributed by atoms with Gasteiger partial charge in [-0.25, -0.2) is 0 Å². The van der Waals surface area contributed by atoms with E-state index in [1.807, 2.05) is 0 Å². The van der Waals surface area contributed by atoms with E-state index < -0.39 is 12.2 Å². The number of aromatic amines is 1. The molecular weight excluding hydrogens is 186 g/mol. The fourth-order valence-electron chi connectivity index (χ4n) is 0.804. The average Bonchev–Trinajstić information content (AvgIpc) is 2.67. The van der Waals surface area contributed by atoms with Crippen molar-refractivity contribution in [1.82, 2.24) is 15.5 Å². The van der Waals surface area contributed by atoms with E-state index in [1.54, 1.807) is 0 Å². The Labute approximate surface area is 81.0 Å². The fraction of sp³-hybridized carbons (Fsp3) is 0.500. The number of aliphatic hydroxyl groups is 2. The van der Waals surface area contributed by atoms with Gasteiger partial charge in [0.15, 0.2) is 0 Å². The molecule has 0 bridgehead atoms. The lowest BCUT2D eigenvalue weighted by Crippen LogP contribution is -2.43. The summed E-state index contributed by atoms with van der Waals surface area (Å²) >= 11 is 0. The first-order valence-electron chi connectivity index (χ1n) is 4.15. The third-order valence-corrected chi connectivity index (χ3v) is 1.73. The van der Waals surface area contributed by atoms with E-state index in [1.165, 1.54) is 19.3 Å². The number of hydrogen-bond donors (Lipinski definition) is 4. The average molecular weight is 199 g/mol. The van der Waals surface area contributed by atoms with Gasteiger partial charge in [0, 0.05) is 12.7 Å². The maximum absolute atomic E-state index is 11.3. The standard InChI is InChI=1S/C8H13N3O3/c1-8(14,5-12)4-9-7(13)6-2-10-11-3-6/h2-3,12,14H,4-5H2,1H3,(H,9,13)(H,10,11). The third kappa shape index (κ3) is 2.82. The van der Waals surface area contributed by atoms with E-state index >= 15 is 0 Å². The molecule has 1 atom stereocenters. The van der Waals surface area contributed by atoms with Crippen molar-refractivity contribution >= 4 is 5.91 Å². The molecule has 0 aliphatic heterocycles. The minimum Gasteiger partial charge on any atom is -0.393 e. The van der Waals surface area contributed by atoms with Crippen LogP contribution in [0.5, 0.6) is 0 Å². The second-order valence-electron chi connectivity index (χ2n) is 3.32. The molecule has 0 radical (unpaired) electrons. The van der Waals surface area contributed by atoms with E-state index in [0.29, 0.717) is 5.56 Å². The summed E-state index contributed by atoms with van der Waals surface area (Å²) in [6.45, 7) is 1.02. The van der Waals surface area contributed by atoms with Crippen molar-refractivity contribution in [2.24, 2.45) is 0 Å². The van der Waals surface area contributed by atoms with Crippen LogP contribution in [0.25, 0.3) is 0 Å². The number of aromatic nitrogens is 2. The fourth-order valence-corrected chi connectivity index (χ4v) is 0.804. The molecule has 0 aliphatic rings. The zero-order valence-corrected chi connectivity index (χ0v) is 7.82. The van der Waals surface area contributed by atoms with Gasteiger partial charge in [-0.05, 0) is 6.92 Å². The van der Waals surface area contributed by atoms with E-state index in [4.69, 9.17) is 5.11 Å². The first kappa shape index (κ1) is 10.7. The summed E-state index contributed by atoms with van der Waals surface area (Å²) in [4.78, 5) is 11.3. The van der Waals surface area contributed by atoms with Crippen molar-refractivity contribution < 1.29 is 15.0 Å². The van der Waals surface area contributed by atoms with Crippen molar-refractivity contribution in [3.05, 3.63) is 18.0 Å². The smallest absolute Gasteiger partial charge is 0.254 e. The van der Waals surface area contributed by atoms with Crippen LogP contribution in [-0.4, -0.2) is 45.1 Å². The van der Waals surface area contributed by atoms with Crippen LogP contribution in [0.2, 0.25) is 0 Å². The van der Waals surface area contributed by atoms with Crippen LogP contribution in [0.1, 0.15) is 17.3 Å². The summed E-state index contributed by atoms with van der Waals surface area (Å²) in [6.07, 6.45) is 2.83. The van der Waals surface area contributed by atoms with Crippen LogP contribution in [0, 0.1) is 0 Å². The molecule has 0 saturated heterocycles. The van der Waals surface area contributed by atoms with Crippen LogP contribution in [-0.2, 0) is 0 Å². The molecule has 0 aromatic carbocycles. The van der Waals surface area contributed by atoms with Gasteiger partial charge in [0.05, 0.1) is 18.4 Å². The predicted molar refractivity (Wildman–Crippen MR) is 48.6 cm³/mol. The van der Waals surface area contributed by atoms with Gasteiger partial charge in [0.25, 0.3) is 5.91 Å². The van der Waals surface area contributed by atoms with Gasteiger partial charge in [-0.1, -0.05) is 0 Å². The molecule has 1 amide bonds. The predicted octanol–water partition coefficient (Wildman–Crippen LogP) is -1.12. The molecule has 14 heavy (non-hydrogen) atoms. The second kappa shape index (κ2) is 4.21. The van der Waals surface area contributed by atoms with Crippen molar-refractivity contribution in [2.45, 2.75) is 12.5 Å². The van der Waals surface area contributed by atoms with Gasteiger partial charge in [0.1, 0.15) is 5.60 Å². The Hall–Kier alpha value is -1.40. The van der Waals surface area contributed by atoms with Crippen LogP contribution in [0.15, 0.2) is 12.4 Å². The zero-order valence-electron chi connectivity index (χ0n) is 7.82. The highest BCUT2D eigenvalue weighted by Gasteiger charge is 2.20.